The highest BCUT2D eigenvalue weighted by Gasteiger charge is 2.48. The minimum atomic E-state index is -0.671. The zero-order valence-electron chi connectivity index (χ0n) is 16.6. The van der Waals surface area contributed by atoms with Crippen LogP contribution in [0.4, 0.5) is 4.79 Å². The van der Waals surface area contributed by atoms with E-state index in [1.807, 2.05) is 20.8 Å². The highest BCUT2D eigenvalue weighted by atomic mass is 16.6. The van der Waals surface area contributed by atoms with Gasteiger partial charge in [-0.05, 0) is 65.2 Å². The Bertz CT molecular complexity index is 578. The van der Waals surface area contributed by atoms with E-state index in [1.165, 1.54) is 19.3 Å². The van der Waals surface area contributed by atoms with Crippen LogP contribution in [0.25, 0.3) is 0 Å². The fraction of sp³-hybridized carbons (Fsp3) is 0.850. The Balaban J connectivity index is 1.60. The topological polar surface area (TPSA) is 71.0 Å². The van der Waals surface area contributed by atoms with E-state index in [2.05, 4.69) is 12.2 Å². The molecule has 2 aliphatic heterocycles. The predicted octanol–water partition coefficient (Wildman–Crippen LogP) is 3.50. The van der Waals surface area contributed by atoms with Crippen LogP contribution in [-0.2, 0) is 9.53 Å². The molecule has 6 heteroatoms. The average Bonchev–Trinajstić information content (AvgIpc) is 2.90. The Morgan fingerprint density at radius 2 is 1.85 bits per heavy atom. The Kier molecular flexibility index (Phi) is 5.31. The SMILES string of the molecule is CC[C@H]1CC[C@H](C2=NC3(CCN(C(=O)OC(C)(C)C)CC3)C(=O)N2)CC1. The van der Waals surface area contributed by atoms with Crippen LogP contribution in [0.3, 0.4) is 0 Å². The van der Waals surface area contributed by atoms with Gasteiger partial charge in [-0.1, -0.05) is 13.3 Å². The van der Waals surface area contributed by atoms with Crippen LogP contribution >= 0.6 is 0 Å². The van der Waals surface area contributed by atoms with E-state index in [-0.39, 0.29) is 12.0 Å². The van der Waals surface area contributed by atoms with Crippen LogP contribution in [0.5, 0.6) is 0 Å². The molecule has 0 radical (unpaired) electrons. The van der Waals surface area contributed by atoms with E-state index >= 15 is 0 Å². The molecule has 1 N–H and O–H groups in total. The first kappa shape index (κ1) is 19.2. The lowest BCUT2D eigenvalue weighted by atomic mass is 9.80. The van der Waals surface area contributed by atoms with E-state index in [9.17, 15) is 9.59 Å². The van der Waals surface area contributed by atoms with Crippen molar-refractivity contribution in [3.8, 4) is 0 Å². The monoisotopic (exact) mass is 363 g/mol. The molecule has 6 nitrogen and oxygen atoms in total. The summed E-state index contributed by atoms with van der Waals surface area (Å²) in [6.45, 7) is 8.89. The number of hydrogen-bond donors (Lipinski definition) is 1. The number of nitrogens with zero attached hydrogens (tertiary/aromatic N) is 2. The lowest BCUT2D eigenvalue weighted by Gasteiger charge is -2.36. The van der Waals surface area contributed by atoms with E-state index < -0.39 is 11.1 Å². The molecular weight excluding hydrogens is 330 g/mol. The lowest BCUT2D eigenvalue weighted by Crippen LogP contribution is -2.51. The van der Waals surface area contributed by atoms with Gasteiger partial charge in [-0.3, -0.25) is 9.79 Å². The number of carbonyl (C=O) groups excluding carboxylic acids is 2. The summed E-state index contributed by atoms with van der Waals surface area (Å²) in [4.78, 5) is 31.5. The van der Waals surface area contributed by atoms with Gasteiger partial charge in [-0.15, -0.1) is 0 Å². The smallest absolute Gasteiger partial charge is 0.410 e. The molecule has 0 bridgehead atoms. The van der Waals surface area contributed by atoms with E-state index in [4.69, 9.17) is 9.73 Å². The number of nitrogens with one attached hydrogen (secondary N) is 1. The third-order valence-electron chi connectivity index (χ3n) is 6.05. The molecule has 2 fully saturated rings. The fourth-order valence-electron chi connectivity index (χ4n) is 4.30. The number of aliphatic imine (C=N–C) groups is 1. The normalized spacial score (nSPS) is 28.7. The van der Waals surface area contributed by atoms with Gasteiger partial charge in [0.2, 0.25) is 0 Å². The molecule has 3 rings (SSSR count). The van der Waals surface area contributed by atoms with Gasteiger partial charge < -0.3 is 15.0 Å². The summed E-state index contributed by atoms with van der Waals surface area (Å²) in [5.41, 5.74) is -1.17. The van der Waals surface area contributed by atoms with Crippen LogP contribution in [-0.4, -0.2) is 47.0 Å². The van der Waals surface area contributed by atoms with Crippen LogP contribution < -0.4 is 5.32 Å². The Hall–Kier alpha value is -1.59. The zero-order chi connectivity index (χ0) is 18.9. The zero-order valence-corrected chi connectivity index (χ0v) is 16.6. The van der Waals surface area contributed by atoms with Gasteiger partial charge in [-0.25, -0.2) is 4.79 Å². The van der Waals surface area contributed by atoms with Crippen LogP contribution in [0.15, 0.2) is 4.99 Å². The van der Waals surface area contributed by atoms with Crippen molar-refractivity contribution in [3.05, 3.63) is 0 Å². The first-order valence-electron chi connectivity index (χ1n) is 10.1. The predicted molar refractivity (Wildman–Crippen MR) is 101 cm³/mol. The summed E-state index contributed by atoms with van der Waals surface area (Å²) in [7, 11) is 0. The molecule has 1 saturated heterocycles. The number of carbonyl (C=O) groups is 2. The third-order valence-corrected chi connectivity index (χ3v) is 6.05. The number of amides is 2. The van der Waals surface area contributed by atoms with Gasteiger partial charge in [0.1, 0.15) is 17.0 Å². The molecule has 0 unspecified atom stereocenters. The highest BCUT2D eigenvalue weighted by molar-refractivity contribution is 6.09. The van der Waals surface area contributed by atoms with Crippen molar-refractivity contribution in [2.75, 3.05) is 13.1 Å². The van der Waals surface area contributed by atoms with Gasteiger partial charge in [0.15, 0.2) is 0 Å². The minimum absolute atomic E-state index is 0.0222. The Labute approximate surface area is 156 Å². The number of rotatable bonds is 2. The van der Waals surface area contributed by atoms with Gasteiger partial charge in [-0.2, -0.15) is 0 Å². The molecule has 0 aromatic carbocycles. The summed E-state index contributed by atoms with van der Waals surface area (Å²) < 4.78 is 5.44. The molecule has 1 spiro atoms. The van der Waals surface area contributed by atoms with E-state index in [0.29, 0.717) is 31.8 Å². The molecule has 1 saturated carbocycles. The number of hydrogen-bond acceptors (Lipinski definition) is 4. The molecular formula is C20H33N3O3. The van der Waals surface area contributed by atoms with Gasteiger partial charge >= 0.3 is 6.09 Å². The second-order valence-electron chi connectivity index (χ2n) is 9.08. The minimum Gasteiger partial charge on any atom is -0.444 e. The largest absolute Gasteiger partial charge is 0.444 e. The molecule has 3 aliphatic rings. The van der Waals surface area contributed by atoms with Crippen molar-refractivity contribution in [2.45, 2.75) is 83.8 Å². The Morgan fingerprint density at radius 3 is 2.38 bits per heavy atom. The molecule has 146 valence electrons. The number of piperidine rings is 1. The summed E-state index contributed by atoms with van der Waals surface area (Å²) in [6, 6.07) is 0. The molecule has 0 aromatic rings. The molecule has 1 aliphatic carbocycles. The van der Waals surface area contributed by atoms with Crippen LogP contribution in [0, 0.1) is 11.8 Å². The Morgan fingerprint density at radius 1 is 1.23 bits per heavy atom. The highest BCUT2D eigenvalue weighted by Crippen LogP contribution is 2.36. The van der Waals surface area contributed by atoms with Crippen molar-refractivity contribution >= 4 is 17.8 Å². The van der Waals surface area contributed by atoms with Gasteiger partial charge in [0.05, 0.1) is 0 Å². The van der Waals surface area contributed by atoms with Crippen molar-refractivity contribution in [2.24, 2.45) is 16.8 Å². The van der Waals surface area contributed by atoms with Crippen molar-refractivity contribution in [1.29, 1.82) is 0 Å². The molecule has 0 atom stereocenters. The summed E-state index contributed by atoms with van der Waals surface area (Å²) in [5.74, 6) is 2.14. The summed E-state index contributed by atoms with van der Waals surface area (Å²) in [6.07, 6.45) is 6.81. The first-order chi connectivity index (χ1) is 12.2. The lowest BCUT2D eigenvalue weighted by molar-refractivity contribution is -0.125. The second-order valence-corrected chi connectivity index (χ2v) is 9.08. The van der Waals surface area contributed by atoms with Gasteiger partial charge in [0, 0.05) is 19.0 Å². The van der Waals surface area contributed by atoms with Crippen molar-refractivity contribution in [1.82, 2.24) is 10.2 Å². The van der Waals surface area contributed by atoms with E-state index in [1.54, 1.807) is 4.90 Å². The number of ether oxygens (including phenoxy) is 1. The maximum atomic E-state index is 12.7. The average molecular weight is 364 g/mol. The fourth-order valence-corrected chi connectivity index (χ4v) is 4.30. The quantitative estimate of drug-likeness (QED) is 0.816. The maximum absolute atomic E-state index is 12.7. The van der Waals surface area contributed by atoms with Gasteiger partial charge in [0.25, 0.3) is 5.91 Å². The number of likely N-dealkylation sites (tertiary alicyclic amines) is 1. The molecule has 0 aromatic heterocycles. The van der Waals surface area contributed by atoms with Crippen molar-refractivity contribution in [3.63, 3.8) is 0 Å². The first-order valence-corrected chi connectivity index (χ1v) is 10.1. The second kappa shape index (κ2) is 7.20. The van der Waals surface area contributed by atoms with Crippen LogP contribution in [0.2, 0.25) is 0 Å². The maximum Gasteiger partial charge on any atom is 0.410 e. The summed E-state index contributed by atoms with van der Waals surface area (Å²) >= 11 is 0. The van der Waals surface area contributed by atoms with Crippen LogP contribution in [0.1, 0.15) is 72.6 Å². The van der Waals surface area contributed by atoms with E-state index in [0.717, 1.165) is 24.6 Å². The third kappa shape index (κ3) is 4.04. The molecule has 26 heavy (non-hydrogen) atoms. The molecule has 2 heterocycles. The van der Waals surface area contributed by atoms with Crippen molar-refractivity contribution < 1.29 is 14.3 Å². The summed E-state index contributed by atoms with van der Waals surface area (Å²) in [5, 5.41) is 3.08. The molecule has 2 amide bonds. The standard InChI is InChI=1S/C20H33N3O3/c1-5-14-6-8-15(9-7-14)16-21-17(24)20(22-16)10-12-23(13-11-20)18(25)26-19(2,3)4/h14-15H,5-13H2,1-4H3,(H,21,22,24)/t14-,15-. The number of amidine groups is 1.